The lowest BCUT2D eigenvalue weighted by Crippen LogP contribution is -2.33. The number of hydrogen-bond donors (Lipinski definition) is 1. The Morgan fingerprint density at radius 1 is 1.33 bits per heavy atom. The molecule has 1 saturated heterocycles. The van der Waals surface area contributed by atoms with Gasteiger partial charge in [0.1, 0.15) is 0 Å². The van der Waals surface area contributed by atoms with E-state index >= 15 is 0 Å². The highest BCUT2D eigenvalue weighted by Crippen LogP contribution is 2.15. The maximum atomic E-state index is 10.4. The van der Waals surface area contributed by atoms with Crippen LogP contribution in [0.2, 0.25) is 0 Å². The van der Waals surface area contributed by atoms with Gasteiger partial charge in [0.25, 0.3) is 0 Å². The number of likely N-dealkylation sites (tertiary alicyclic amines) is 1. The zero-order valence-electron chi connectivity index (χ0n) is 7.02. The third-order valence-corrected chi connectivity index (χ3v) is 2.07. The lowest BCUT2D eigenvalue weighted by atomic mass is 9.98. The van der Waals surface area contributed by atoms with Crippen molar-refractivity contribution in [3.05, 3.63) is 0 Å². The summed E-state index contributed by atoms with van der Waals surface area (Å²) in [6, 6.07) is 0. The number of halogens is 2. The van der Waals surface area contributed by atoms with E-state index in [0.29, 0.717) is 0 Å². The molecular formula is C7H15Cl2NO2. The quantitative estimate of drug-likeness (QED) is 0.717. The average molecular weight is 216 g/mol. The van der Waals surface area contributed by atoms with Crippen molar-refractivity contribution in [3.8, 4) is 0 Å². The Morgan fingerprint density at radius 2 is 1.75 bits per heavy atom. The van der Waals surface area contributed by atoms with Crippen LogP contribution in [0.3, 0.4) is 0 Å². The van der Waals surface area contributed by atoms with Crippen LogP contribution in [0.1, 0.15) is 12.8 Å². The van der Waals surface area contributed by atoms with Gasteiger partial charge < -0.3 is 10.0 Å². The van der Waals surface area contributed by atoms with Gasteiger partial charge in [-0.2, -0.15) is 0 Å². The van der Waals surface area contributed by atoms with Crippen molar-refractivity contribution in [1.82, 2.24) is 4.90 Å². The molecule has 0 aliphatic carbocycles. The average Bonchev–Trinajstić information content (AvgIpc) is 1.88. The number of nitrogens with zero attached hydrogens (tertiary/aromatic N) is 1. The van der Waals surface area contributed by atoms with Crippen molar-refractivity contribution in [1.29, 1.82) is 0 Å². The summed E-state index contributed by atoms with van der Waals surface area (Å²) in [7, 11) is 2.03. The van der Waals surface area contributed by atoms with Crippen LogP contribution < -0.4 is 0 Å². The molecule has 0 radical (unpaired) electrons. The van der Waals surface area contributed by atoms with E-state index in [0.717, 1.165) is 25.9 Å². The maximum Gasteiger partial charge on any atom is 0.306 e. The first-order valence-electron chi connectivity index (χ1n) is 3.61. The van der Waals surface area contributed by atoms with Gasteiger partial charge in [0.05, 0.1) is 5.92 Å². The first-order valence-corrected chi connectivity index (χ1v) is 3.61. The minimum Gasteiger partial charge on any atom is -0.481 e. The summed E-state index contributed by atoms with van der Waals surface area (Å²) in [6.45, 7) is 1.86. The third-order valence-electron chi connectivity index (χ3n) is 2.07. The van der Waals surface area contributed by atoms with Crippen molar-refractivity contribution < 1.29 is 9.90 Å². The van der Waals surface area contributed by atoms with Gasteiger partial charge in [-0.05, 0) is 33.0 Å². The zero-order chi connectivity index (χ0) is 7.56. The summed E-state index contributed by atoms with van der Waals surface area (Å²) in [6.07, 6.45) is 1.62. The molecule has 0 spiro atoms. The molecule has 1 rings (SSSR count). The Hall–Kier alpha value is 0.01000. The molecule has 0 saturated carbocycles. The van der Waals surface area contributed by atoms with Crippen molar-refractivity contribution in [3.63, 3.8) is 0 Å². The molecule has 1 fully saturated rings. The number of hydrogen-bond acceptors (Lipinski definition) is 2. The van der Waals surface area contributed by atoms with Crippen LogP contribution in [0.4, 0.5) is 0 Å². The molecular weight excluding hydrogens is 201 g/mol. The second-order valence-corrected chi connectivity index (χ2v) is 2.92. The smallest absolute Gasteiger partial charge is 0.306 e. The standard InChI is InChI=1S/C7H13NO2.2ClH/c1-8-4-2-6(3-5-8)7(9)10;;/h6H,2-5H2,1H3,(H,9,10);2*1H. The van der Waals surface area contributed by atoms with E-state index < -0.39 is 5.97 Å². The second-order valence-electron chi connectivity index (χ2n) is 2.92. The molecule has 1 aliphatic rings. The van der Waals surface area contributed by atoms with Crippen LogP contribution in [0.15, 0.2) is 0 Å². The Kier molecular flexibility index (Phi) is 7.89. The molecule has 1 heterocycles. The number of carboxylic acid groups (broad SMARTS) is 1. The van der Waals surface area contributed by atoms with Crippen molar-refractivity contribution in [2.45, 2.75) is 12.8 Å². The van der Waals surface area contributed by atoms with E-state index in [1.165, 1.54) is 0 Å². The topological polar surface area (TPSA) is 40.5 Å². The summed E-state index contributed by atoms with van der Waals surface area (Å²) < 4.78 is 0. The molecule has 1 aliphatic heterocycles. The molecule has 0 aromatic carbocycles. The van der Waals surface area contributed by atoms with Gasteiger partial charge in [-0.3, -0.25) is 4.79 Å². The fraction of sp³-hybridized carbons (Fsp3) is 0.857. The molecule has 12 heavy (non-hydrogen) atoms. The van der Waals surface area contributed by atoms with Crippen molar-refractivity contribution in [2.75, 3.05) is 20.1 Å². The summed E-state index contributed by atoms with van der Waals surface area (Å²) in [4.78, 5) is 12.6. The molecule has 0 amide bonds. The Morgan fingerprint density at radius 3 is 2.08 bits per heavy atom. The SMILES string of the molecule is CN1CCC(C(=O)O)CC1.Cl.Cl. The largest absolute Gasteiger partial charge is 0.481 e. The second kappa shape index (κ2) is 6.52. The molecule has 0 aromatic heterocycles. The van der Waals surface area contributed by atoms with E-state index in [2.05, 4.69) is 4.90 Å². The van der Waals surface area contributed by atoms with Gasteiger partial charge in [-0.25, -0.2) is 0 Å². The van der Waals surface area contributed by atoms with Crippen molar-refractivity contribution in [2.24, 2.45) is 5.92 Å². The molecule has 74 valence electrons. The molecule has 0 aromatic rings. The van der Waals surface area contributed by atoms with Crippen LogP contribution in [0.5, 0.6) is 0 Å². The first kappa shape index (κ1) is 14.5. The van der Waals surface area contributed by atoms with Gasteiger partial charge in [0, 0.05) is 0 Å². The van der Waals surface area contributed by atoms with Gasteiger partial charge in [-0.15, -0.1) is 24.8 Å². The predicted octanol–water partition coefficient (Wildman–Crippen LogP) is 1.26. The van der Waals surface area contributed by atoms with Crippen molar-refractivity contribution >= 4 is 30.8 Å². The van der Waals surface area contributed by atoms with Gasteiger partial charge in [0.2, 0.25) is 0 Å². The highest BCUT2D eigenvalue weighted by atomic mass is 35.5. The summed E-state index contributed by atoms with van der Waals surface area (Å²) in [5.74, 6) is -0.718. The molecule has 3 nitrogen and oxygen atoms in total. The number of carboxylic acids is 1. The molecule has 0 atom stereocenters. The lowest BCUT2D eigenvalue weighted by Gasteiger charge is -2.25. The highest BCUT2D eigenvalue weighted by Gasteiger charge is 2.21. The van der Waals surface area contributed by atoms with Crippen LogP contribution in [0.25, 0.3) is 0 Å². The zero-order valence-corrected chi connectivity index (χ0v) is 8.66. The third kappa shape index (κ3) is 4.14. The minimum absolute atomic E-state index is 0. The Bertz CT molecular complexity index is 135. The van der Waals surface area contributed by atoms with Crippen LogP contribution in [-0.2, 0) is 4.79 Å². The van der Waals surface area contributed by atoms with E-state index in [4.69, 9.17) is 5.11 Å². The number of rotatable bonds is 1. The fourth-order valence-corrected chi connectivity index (χ4v) is 1.26. The number of piperidine rings is 1. The van der Waals surface area contributed by atoms with E-state index in [-0.39, 0.29) is 30.7 Å². The normalized spacial score (nSPS) is 19.1. The minimum atomic E-state index is -0.631. The Labute approximate surface area is 84.9 Å². The maximum absolute atomic E-state index is 10.4. The number of carbonyl (C=O) groups is 1. The van der Waals surface area contributed by atoms with Crippen LogP contribution in [-0.4, -0.2) is 36.1 Å². The van der Waals surface area contributed by atoms with E-state index in [9.17, 15) is 4.79 Å². The van der Waals surface area contributed by atoms with E-state index in [1.807, 2.05) is 7.05 Å². The summed E-state index contributed by atoms with van der Waals surface area (Å²) in [5.41, 5.74) is 0. The Balaban J connectivity index is 0. The molecule has 0 bridgehead atoms. The van der Waals surface area contributed by atoms with Crippen LogP contribution >= 0.6 is 24.8 Å². The fourth-order valence-electron chi connectivity index (χ4n) is 1.26. The van der Waals surface area contributed by atoms with Gasteiger partial charge in [-0.1, -0.05) is 0 Å². The molecule has 0 unspecified atom stereocenters. The lowest BCUT2D eigenvalue weighted by molar-refractivity contribution is -0.143. The number of aliphatic carboxylic acids is 1. The monoisotopic (exact) mass is 215 g/mol. The highest BCUT2D eigenvalue weighted by molar-refractivity contribution is 5.85. The van der Waals surface area contributed by atoms with Crippen LogP contribution in [0, 0.1) is 5.92 Å². The molecule has 5 heteroatoms. The van der Waals surface area contributed by atoms with E-state index in [1.54, 1.807) is 0 Å². The first-order chi connectivity index (χ1) is 4.70. The summed E-state index contributed by atoms with van der Waals surface area (Å²) in [5, 5.41) is 8.61. The van der Waals surface area contributed by atoms with Gasteiger partial charge in [0.15, 0.2) is 0 Å². The van der Waals surface area contributed by atoms with Gasteiger partial charge >= 0.3 is 5.97 Å². The molecule has 1 N–H and O–H groups in total. The predicted molar refractivity (Wildman–Crippen MR) is 52.4 cm³/mol. The summed E-state index contributed by atoms with van der Waals surface area (Å²) >= 11 is 0.